The van der Waals surface area contributed by atoms with E-state index in [1.807, 2.05) is 24.3 Å². The maximum Gasteiger partial charge on any atom is 0.416 e. The summed E-state index contributed by atoms with van der Waals surface area (Å²) in [7, 11) is 0. The summed E-state index contributed by atoms with van der Waals surface area (Å²) < 4.78 is 38.1. The first-order valence-electron chi connectivity index (χ1n) is 10.2. The van der Waals surface area contributed by atoms with E-state index < -0.39 is 17.3 Å². The number of nitrogens with one attached hydrogen (secondary N) is 1. The van der Waals surface area contributed by atoms with Gasteiger partial charge < -0.3 is 16.0 Å². The van der Waals surface area contributed by atoms with Crippen molar-refractivity contribution in [3.63, 3.8) is 0 Å². The van der Waals surface area contributed by atoms with Gasteiger partial charge in [-0.15, -0.1) is 0 Å². The molecule has 2 aromatic rings. The third-order valence-corrected chi connectivity index (χ3v) is 5.69. The molecule has 0 atom stereocenters. The van der Waals surface area contributed by atoms with Crippen LogP contribution in [0.15, 0.2) is 48.5 Å². The largest absolute Gasteiger partial charge is 0.416 e. The Balaban J connectivity index is 1.59. The van der Waals surface area contributed by atoms with Gasteiger partial charge in [0.15, 0.2) is 0 Å². The molecule has 0 aliphatic carbocycles. The Labute approximate surface area is 179 Å². The number of amides is 2. The fraction of sp³-hybridized carbons (Fsp3) is 0.391. The summed E-state index contributed by atoms with van der Waals surface area (Å²) in [6.07, 6.45) is -3.93. The number of hydrogen-bond acceptors (Lipinski definition) is 3. The van der Waals surface area contributed by atoms with Gasteiger partial charge in [-0.3, -0.25) is 9.59 Å². The molecule has 1 heterocycles. The lowest BCUT2D eigenvalue weighted by Gasteiger charge is -2.38. The molecule has 0 aromatic heterocycles. The lowest BCUT2D eigenvalue weighted by molar-refractivity contribution is -0.137. The Kier molecular flexibility index (Phi) is 6.40. The molecule has 3 N–H and O–H groups in total. The molecule has 1 aliphatic rings. The van der Waals surface area contributed by atoms with Gasteiger partial charge in [0.25, 0.3) is 5.91 Å². The van der Waals surface area contributed by atoms with E-state index in [1.54, 1.807) is 0 Å². The molecule has 1 aliphatic heterocycles. The maximum atomic E-state index is 12.7. The van der Waals surface area contributed by atoms with Crippen molar-refractivity contribution in [2.45, 2.75) is 44.3 Å². The van der Waals surface area contributed by atoms with Gasteiger partial charge in [-0.05, 0) is 60.7 Å². The Morgan fingerprint density at radius 2 is 1.55 bits per heavy atom. The van der Waals surface area contributed by atoms with E-state index >= 15 is 0 Å². The summed E-state index contributed by atoms with van der Waals surface area (Å²) in [5.41, 5.74) is 6.39. The van der Waals surface area contributed by atoms with Crippen LogP contribution in [-0.2, 0) is 11.0 Å². The average molecular weight is 433 g/mol. The Morgan fingerprint density at radius 1 is 1.00 bits per heavy atom. The summed E-state index contributed by atoms with van der Waals surface area (Å²) in [6, 6.07) is 11.7. The van der Waals surface area contributed by atoms with Crippen LogP contribution in [0.2, 0.25) is 0 Å². The van der Waals surface area contributed by atoms with E-state index in [0.29, 0.717) is 11.6 Å². The van der Waals surface area contributed by atoms with Gasteiger partial charge in [0.05, 0.1) is 11.1 Å². The Hall–Kier alpha value is -2.87. The van der Waals surface area contributed by atoms with E-state index in [9.17, 15) is 22.8 Å². The van der Waals surface area contributed by atoms with Crippen LogP contribution in [0.4, 0.5) is 18.9 Å². The predicted molar refractivity (Wildman–Crippen MR) is 113 cm³/mol. The van der Waals surface area contributed by atoms with Crippen LogP contribution in [0.1, 0.15) is 54.1 Å². The minimum Gasteiger partial charge on any atom is -0.338 e. The van der Waals surface area contributed by atoms with Crippen molar-refractivity contribution in [2.75, 3.05) is 18.4 Å². The molecule has 0 bridgehead atoms. The molecule has 3 rings (SSSR count). The second kappa shape index (κ2) is 8.70. The molecule has 1 saturated heterocycles. The van der Waals surface area contributed by atoms with Gasteiger partial charge in [0.2, 0.25) is 5.91 Å². The number of carbonyl (C=O) groups is 2. The SMILES string of the molecule is CC(C)c1ccc(NC(=O)C2(N)CCN(C(=O)c3ccc(C(F)(F)F)cc3)CC2)cc1. The van der Waals surface area contributed by atoms with Gasteiger partial charge in [-0.2, -0.15) is 13.2 Å². The molecule has 8 heteroatoms. The zero-order valence-corrected chi connectivity index (χ0v) is 17.5. The number of piperidine rings is 1. The second-order valence-electron chi connectivity index (χ2n) is 8.25. The first-order chi connectivity index (χ1) is 14.5. The first-order valence-corrected chi connectivity index (χ1v) is 10.2. The van der Waals surface area contributed by atoms with Crippen molar-refractivity contribution < 1.29 is 22.8 Å². The van der Waals surface area contributed by atoms with Crippen molar-refractivity contribution in [2.24, 2.45) is 5.73 Å². The monoisotopic (exact) mass is 433 g/mol. The van der Waals surface area contributed by atoms with Crippen LogP contribution in [-0.4, -0.2) is 35.3 Å². The number of nitrogens with zero attached hydrogens (tertiary/aromatic N) is 1. The summed E-state index contributed by atoms with van der Waals surface area (Å²) in [5, 5.41) is 2.84. The zero-order chi connectivity index (χ0) is 22.8. The molecule has 2 amide bonds. The van der Waals surface area contributed by atoms with Gasteiger partial charge in [-0.1, -0.05) is 26.0 Å². The molecule has 0 saturated carbocycles. The fourth-order valence-corrected chi connectivity index (χ4v) is 3.53. The van der Waals surface area contributed by atoms with Crippen LogP contribution in [0.25, 0.3) is 0 Å². The highest BCUT2D eigenvalue weighted by molar-refractivity contribution is 5.99. The summed E-state index contributed by atoms with van der Waals surface area (Å²) in [4.78, 5) is 26.9. The van der Waals surface area contributed by atoms with Crippen molar-refractivity contribution in [3.05, 3.63) is 65.2 Å². The van der Waals surface area contributed by atoms with E-state index in [4.69, 9.17) is 5.73 Å². The summed E-state index contributed by atoms with van der Waals surface area (Å²) >= 11 is 0. The maximum absolute atomic E-state index is 12.7. The van der Waals surface area contributed by atoms with Crippen LogP contribution in [0.5, 0.6) is 0 Å². The third-order valence-electron chi connectivity index (χ3n) is 5.69. The first kappa shape index (κ1) is 22.8. The molecule has 0 spiro atoms. The number of carbonyl (C=O) groups excluding carboxylic acids is 2. The van der Waals surface area contributed by atoms with E-state index in [0.717, 1.165) is 17.7 Å². The Morgan fingerprint density at radius 3 is 2.03 bits per heavy atom. The normalized spacial score (nSPS) is 16.3. The van der Waals surface area contributed by atoms with Gasteiger partial charge >= 0.3 is 6.18 Å². The molecule has 1 fully saturated rings. The van der Waals surface area contributed by atoms with Gasteiger partial charge in [0.1, 0.15) is 0 Å². The van der Waals surface area contributed by atoms with Crippen molar-refractivity contribution in [1.82, 2.24) is 4.90 Å². The number of nitrogens with two attached hydrogens (primary N) is 1. The molecular weight excluding hydrogens is 407 g/mol. The number of alkyl halides is 3. The minimum atomic E-state index is -4.45. The number of anilines is 1. The van der Waals surface area contributed by atoms with E-state index in [2.05, 4.69) is 19.2 Å². The predicted octanol–water partition coefficient (Wildman–Crippen LogP) is 4.40. The van der Waals surface area contributed by atoms with Crippen molar-refractivity contribution in [3.8, 4) is 0 Å². The summed E-state index contributed by atoms with van der Waals surface area (Å²) in [5.74, 6) is -0.302. The molecular formula is C23H26F3N3O2. The highest BCUT2D eigenvalue weighted by Crippen LogP contribution is 2.30. The number of rotatable bonds is 4. The standard InChI is InChI=1S/C23H26F3N3O2/c1-15(2)16-5-9-19(10-6-16)28-21(31)22(27)11-13-29(14-12-22)20(30)17-3-7-18(8-4-17)23(24,25)26/h3-10,15H,11-14,27H2,1-2H3,(H,28,31). The van der Waals surface area contributed by atoms with Crippen molar-refractivity contribution in [1.29, 1.82) is 0 Å². The van der Waals surface area contributed by atoms with Crippen LogP contribution in [0, 0.1) is 0 Å². The third kappa shape index (κ3) is 5.25. The van der Waals surface area contributed by atoms with Gasteiger partial charge in [-0.25, -0.2) is 0 Å². The average Bonchev–Trinajstić information content (AvgIpc) is 2.73. The van der Waals surface area contributed by atoms with Crippen LogP contribution < -0.4 is 11.1 Å². The van der Waals surface area contributed by atoms with E-state index in [1.165, 1.54) is 17.0 Å². The van der Waals surface area contributed by atoms with Gasteiger partial charge in [0, 0.05) is 24.3 Å². The topological polar surface area (TPSA) is 75.4 Å². The quantitative estimate of drug-likeness (QED) is 0.751. The number of halogens is 3. The number of hydrogen-bond donors (Lipinski definition) is 2. The highest BCUT2D eigenvalue weighted by atomic mass is 19.4. The van der Waals surface area contributed by atoms with Crippen molar-refractivity contribution >= 4 is 17.5 Å². The molecule has 2 aromatic carbocycles. The van der Waals surface area contributed by atoms with Crippen LogP contribution >= 0.6 is 0 Å². The zero-order valence-electron chi connectivity index (χ0n) is 17.5. The minimum absolute atomic E-state index is 0.173. The van der Waals surface area contributed by atoms with E-state index in [-0.39, 0.29) is 43.3 Å². The lowest BCUT2D eigenvalue weighted by Crippen LogP contribution is -2.58. The molecule has 31 heavy (non-hydrogen) atoms. The molecule has 0 radical (unpaired) electrons. The van der Waals surface area contributed by atoms with Crippen LogP contribution in [0.3, 0.4) is 0 Å². The Bertz CT molecular complexity index is 930. The smallest absolute Gasteiger partial charge is 0.338 e. The highest BCUT2D eigenvalue weighted by Gasteiger charge is 2.39. The molecule has 166 valence electrons. The fourth-order valence-electron chi connectivity index (χ4n) is 3.53. The molecule has 5 nitrogen and oxygen atoms in total. The second-order valence-corrected chi connectivity index (χ2v) is 8.25. The summed E-state index contributed by atoms with van der Waals surface area (Å²) in [6.45, 7) is 4.66. The number of benzene rings is 2. The number of likely N-dealkylation sites (tertiary alicyclic amines) is 1. The molecule has 0 unspecified atom stereocenters. The lowest BCUT2D eigenvalue weighted by atomic mass is 9.87.